The van der Waals surface area contributed by atoms with Crippen LogP contribution >= 0.6 is 0 Å². The maximum atomic E-state index is 5.69. The summed E-state index contributed by atoms with van der Waals surface area (Å²) in [6.45, 7) is 4.71. The van der Waals surface area contributed by atoms with Gasteiger partial charge in [-0.2, -0.15) is 0 Å². The fourth-order valence-electron chi connectivity index (χ4n) is 1.14. The van der Waals surface area contributed by atoms with E-state index in [2.05, 4.69) is 17.2 Å². The van der Waals surface area contributed by atoms with Crippen LogP contribution in [0.3, 0.4) is 0 Å². The third kappa shape index (κ3) is 2.78. The number of methoxy groups -OCH3 is 1. The van der Waals surface area contributed by atoms with Crippen molar-refractivity contribution in [3.05, 3.63) is 11.9 Å². The average Bonchev–Trinajstić information content (AvgIpc) is 2.62. The Bertz CT molecular complexity index is 272. The molecule has 0 aromatic carbocycles. The van der Waals surface area contributed by atoms with E-state index in [1.807, 2.05) is 17.8 Å². The van der Waals surface area contributed by atoms with E-state index >= 15 is 0 Å². The van der Waals surface area contributed by atoms with Crippen molar-refractivity contribution >= 4 is 0 Å². The second-order valence-corrected chi connectivity index (χ2v) is 3.54. The summed E-state index contributed by atoms with van der Waals surface area (Å²) < 4.78 is 6.83. The van der Waals surface area contributed by atoms with Crippen LogP contribution in [0.2, 0.25) is 0 Å². The van der Waals surface area contributed by atoms with E-state index in [1.54, 1.807) is 7.11 Å². The van der Waals surface area contributed by atoms with Gasteiger partial charge < -0.3 is 10.5 Å². The molecule has 1 aromatic heterocycles. The van der Waals surface area contributed by atoms with Crippen LogP contribution in [0.15, 0.2) is 6.20 Å². The number of nitrogens with zero attached hydrogens (tertiary/aromatic N) is 3. The third-order valence-electron chi connectivity index (χ3n) is 2.19. The van der Waals surface area contributed by atoms with Gasteiger partial charge in [0.1, 0.15) is 0 Å². The molecule has 1 aromatic rings. The van der Waals surface area contributed by atoms with Crippen LogP contribution in [-0.2, 0) is 4.74 Å². The van der Waals surface area contributed by atoms with E-state index < -0.39 is 0 Å². The van der Waals surface area contributed by atoms with E-state index in [4.69, 9.17) is 10.5 Å². The molecule has 14 heavy (non-hydrogen) atoms. The van der Waals surface area contributed by atoms with Crippen LogP contribution < -0.4 is 5.73 Å². The molecule has 0 radical (unpaired) electrons. The molecule has 0 spiro atoms. The Balaban J connectivity index is 2.57. The molecule has 1 heterocycles. The van der Waals surface area contributed by atoms with Crippen molar-refractivity contribution in [1.29, 1.82) is 0 Å². The Morgan fingerprint density at radius 2 is 2.29 bits per heavy atom. The van der Waals surface area contributed by atoms with Crippen LogP contribution in [0.4, 0.5) is 0 Å². The topological polar surface area (TPSA) is 66.0 Å². The van der Waals surface area contributed by atoms with Gasteiger partial charge in [0.05, 0.1) is 17.9 Å². The van der Waals surface area contributed by atoms with Crippen molar-refractivity contribution in [3.63, 3.8) is 0 Å². The SMILES string of the molecule is COCCC(C)n1cc(C(C)N)nn1. The molecule has 0 bridgehead atoms. The monoisotopic (exact) mass is 198 g/mol. The van der Waals surface area contributed by atoms with Gasteiger partial charge in [0.15, 0.2) is 0 Å². The third-order valence-corrected chi connectivity index (χ3v) is 2.19. The minimum Gasteiger partial charge on any atom is -0.385 e. The molecule has 0 aliphatic heterocycles. The molecule has 0 aliphatic carbocycles. The van der Waals surface area contributed by atoms with Gasteiger partial charge in [-0.05, 0) is 20.3 Å². The summed E-state index contributed by atoms with van der Waals surface area (Å²) in [5.41, 5.74) is 6.51. The molecular formula is C9H18N4O. The molecule has 2 atom stereocenters. The van der Waals surface area contributed by atoms with Crippen LogP contribution in [0.5, 0.6) is 0 Å². The van der Waals surface area contributed by atoms with Crippen molar-refractivity contribution in [2.45, 2.75) is 32.4 Å². The first-order valence-electron chi connectivity index (χ1n) is 4.81. The first-order valence-corrected chi connectivity index (χ1v) is 4.81. The second-order valence-electron chi connectivity index (χ2n) is 3.54. The highest BCUT2D eigenvalue weighted by atomic mass is 16.5. The van der Waals surface area contributed by atoms with Gasteiger partial charge in [0.25, 0.3) is 0 Å². The van der Waals surface area contributed by atoms with Crippen LogP contribution in [0, 0.1) is 0 Å². The molecule has 2 unspecified atom stereocenters. The highest BCUT2D eigenvalue weighted by Gasteiger charge is 2.09. The van der Waals surface area contributed by atoms with E-state index in [0.29, 0.717) is 6.04 Å². The minimum atomic E-state index is -0.0571. The Labute approximate surface area is 84.2 Å². The van der Waals surface area contributed by atoms with E-state index in [9.17, 15) is 0 Å². The first kappa shape index (κ1) is 11.1. The zero-order valence-corrected chi connectivity index (χ0v) is 8.97. The smallest absolute Gasteiger partial charge is 0.0991 e. The molecule has 5 heteroatoms. The quantitative estimate of drug-likeness (QED) is 0.763. The summed E-state index contributed by atoms with van der Waals surface area (Å²) in [7, 11) is 1.70. The predicted octanol–water partition coefficient (Wildman–Crippen LogP) is 0.895. The average molecular weight is 198 g/mol. The highest BCUT2D eigenvalue weighted by molar-refractivity contribution is 4.98. The van der Waals surface area contributed by atoms with Crippen LogP contribution in [0.1, 0.15) is 38.0 Å². The van der Waals surface area contributed by atoms with Crippen molar-refractivity contribution in [2.24, 2.45) is 5.73 Å². The second kappa shape index (κ2) is 5.07. The van der Waals surface area contributed by atoms with Gasteiger partial charge in [-0.3, -0.25) is 0 Å². The lowest BCUT2D eigenvalue weighted by atomic mass is 10.2. The Morgan fingerprint density at radius 1 is 1.57 bits per heavy atom. The molecule has 0 saturated heterocycles. The fraction of sp³-hybridized carbons (Fsp3) is 0.778. The van der Waals surface area contributed by atoms with Crippen LogP contribution in [-0.4, -0.2) is 28.7 Å². The predicted molar refractivity (Wildman–Crippen MR) is 53.8 cm³/mol. The largest absolute Gasteiger partial charge is 0.385 e. The van der Waals surface area contributed by atoms with Gasteiger partial charge in [0.2, 0.25) is 0 Å². The number of nitrogens with two attached hydrogens (primary N) is 1. The summed E-state index contributed by atoms with van der Waals surface area (Å²) in [4.78, 5) is 0. The highest BCUT2D eigenvalue weighted by Crippen LogP contribution is 2.11. The molecule has 2 N–H and O–H groups in total. The number of ether oxygens (including phenoxy) is 1. The van der Waals surface area contributed by atoms with E-state index in [-0.39, 0.29) is 6.04 Å². The lowest BCUT2D eigenvalue weighted by molar-refractivity contribution is 0.178. The zero-order chi connectivity index (χ0) is 10.6. The summed E-state index contributed by atoms with van der Waals surface area (Å²) >= 11 is 0. The summed E-state index contributed by atoms with van der Waals surface area (Å²) in [6, 6.07) is 0.244. The Morgan fingerprint density at radius 3 is 2.79 bits per heavy atom. The van der Waals surface area contributed by atoms with Crippen molar-refractivity contribution < 1.29 is 4.74 Å². The van der Waals surface area contributed by atoms with Gasteiger partial charge >= 0.3 is 0 Å². The standard InChI is InChI=1S/C9H18N4O/c1-7(4-5-14-3)13-6-9(8(2)10)11-12-13/h6-8H,4-5,10H2,1-3H3. The Kier molecular flexibility index (Phi) is 4.03. The Hall–Kier alpha value is -0.940. The van der Waals surface area contributed by atoms with E-state index in [1.165, 1.54) is 0 Å². The van der Waals surface area contributed by atoms with Crippen molar-refractivity contribution in [2.75, 3.05) is 13.7 Å². The summed E-state index contributed by atoms with van der Waals surface area (Å²) in [6.07, 6.45) is 2.82. The molecule has 0 aliphatic rings. The zero-order valence-electron chi connectivity index (χ0n) is 8.97. The number of hydrogen-bond donors (Lipinski definition) is 1. The molecule has 0 fully saturated rings. The van der Waals surface area contributed by atoms with E-state index in [0.717, 1.165) is 18.7 Å². The summed E-state index contributed by atoms with van der Waals surface area (Å²) in [5.74, 6) is 0. The molecule has 5 nitrogen and oxygen atoms in total. The maximum absolute atomic E-state index is 5.69. The van der Waals surface area contributed by atoms with Gasteiger partial charge in [-0.1, -0.05) is 5.21 Å². The number of rotatable bonds is 5. The number of hydrogen-bond acceptors (Lipinski definition) is 4. The van der Waals surface area contributed by atoms with Gasteiger partial charge in [-0.15, -0.1) is 5.10 Å². The molecule has 0 saturated carbocycles. The lowest BCUT2D eigenvalue weighted by Gasteiger charge is -2.09. The minimum absolute atomic E-state index is 0.0571. The molecular weight excluding hydrogens is 180 g/mol. The maximum Gasteiger partial charge on any atom is 0.0991 e. The van der Waals surface area contributed by atoms with Gasteiger partial charge in [0, 0.05) is 19.8 Å². The molecule has 1 rings (SSSR count). The fourth-order valence-corrected chi connectivity index (χ4v) is 1.14. The van der Waals surface area contributed by atoms with Gasteiger partial charge in [-0.25, -0.2) is 4.68 Å². The normalized spacial score (nSPS) is 15.4. The summed E-state index contributed by atoms with van der Waals surface area (Å²) in [5, 5.41) is 8.01. The number of aromatic nitrogens is 3. The van der Waals surface area contributed by atoms with Crippen LogP contribution in [0.25, 0.3) is 0 Å². The lowest BCUT2D eigenvalue weighted by Crippen LogP contribution is -2.08. The first-order chi connectivity index (χ1) is 6.65. The van der Waals surface area contributed by atoms with Crippen molar-refractivity contribution in [3.8, 4) is 0 Å². The molecule has 0 amide bonds. The molecule has 80 valence electrons. The van der Waals surface area contributed by atoms with Crippen molar-refractivity contribution in [1.82, 2.24) is 15.0 Å².